The molecule has 4 heteroatoms. The van der Waals surface area contributed by atoms with Gasteiger partial charge in [-0.05, 0) is 37.3 Å². The third-order valence-electron chi connectivity index (χ3n) is 6.61. The summed E-state index contributed by atoms with van der Waals surface area (Å²) < 4.78 is 15.9. The fraction of sp³-hybridized carbons (Fsp3) is 0.308. The van der Waals surface area contributed by atoms with Crippen molar-refractivity contribution in [2.45, 2.75) is 26.6 Å². The van der Waals surface area contributed by atoms with E-state index in [9.17, 15) is 4.39 Å². The van der Waals surface area contributed by atoms with Crippen LogP contribution in [0.1, 0.15) is 18.1 Å². The first-order valence-electron chi connectivity index (χ1n) is 11.1. The first-order chi connectivity index (χ1) is 14.7. The molecule has 30 heavy (non-hydrogen) atoms. The molecular formula is C26H30FN3+2. The Bertz CT molecular complexity index is 1170. The number of quaternary nitrogens is 2. The molecule has 0 unspecified atom stereocenters. The zero-order valence-corrected chi connectivity index (χ0v) is 17.6. The highest BCUT2D eigenvalue weighted by molar-refractivity contribution is 6.08. The van der Waals surface area contributed by atoms with Crippen LogP contribution in [0.2, 0.25) is 0 Å². The van der Waals surface area contributed by atoms with Gasteiger partial charge in [-0.15, -0.1) is 0 Å². The number of benzene rings is 3. The summed E-state index contributed by atoms with van der Waals surface area (Å²) in [5, 5.41) is 2.73. The highest BCUT2D eigenvalue weighted by Crippen LogP contribution is 2.29. The monoisotopic (exact) mass is 403 g/mol. The second kappa shape index (κ2) is 8.21. The summed E-state index contributed by atoms with van der Waals surface area (Å²) in [6.45, 7) is 9.83. The lowest BCUT2D eigenvalue weighted by Gasteiger charge is -2.29. The Morgan fingerprint density at radius 2 is 1.40 bits per heavy atom. The zero-order chi connectivity index (χ0) is 20.5. The van der Waals surface area contributed by atoms with Crippen LogP contribution < -0.4 is 9.80 Å². The molecule has 2 heterocycles. The van der Waals surface area contributed by atoms with Gasteiger partial charge in [-0.25, -0.2) is 4.39 Å². The molecule has 0 atom stereocenters. The van der Waals surface area contributed by atoms with E-state index in [1.54, 1.807) is 15.9 Å². The summed E-state index contributed by atoms with van der Waals surface area (Å²) in [7, 11) is 0. The van der Waals surface area contributed by atoms with Gasteiger partial charge in [-0.1, -0.05) is 36.4 Å². The number of hydrogen-bond donors (Lipinski definition) is 2. The number of nitrogens with one attached hydrogen (secondary N) is 2. The van der Waals surface area contributed by atoms with Crippen LogP contribution >= 0.6 is 0 Å². The summed E-state index contributed by atoms with van der Waals surface area (Å²) in [5.74, 6) is -0.129. The number of rotatable bonds is 5. The first kappa shape index (κ1) is 19.3. The molecule has 2 N–H and O–H groups in total. The molecule has 0 saturated carbocycles. The highest BCUT2D eigenvalue weighted by Gasteiger charge is 2.23. The van der Waals surface area contributed by atoms with Crippen LogP contribution in [0.4, 0.5) is 4.39 Å². The van der Waals surface area contributed by atoms with Crippen LogP contribution in [0, 0.1) is 5.82 Å². The molecular weight excluding hydrogens is 373 g/mol. The van der Waals surface area contributed by atoms with Crippen molar-refractivity contribution in [3.63, 3.8) is 0 Å². The van der Waals surface area contributed by atoms with Crippen LogP contribution in [-0.4, -0.2) is 30.7 Å². The van der Waals surface area contributed by atoms with Crippen LogP contribution in [0.25, 0.3) is 21.8 Å². The molecule has 0 spiro atoms. The van der Waals surface area contributed by atoms with E-state index in [0.29, 0.717) is 0 Å². The molecule has 5 rings (SSSR count). The van der Waals surface area contributed by atoms with E-state index in [1.165, 1.54) is 46.5 Å². The minimum atomic E-state index is -0.129. The summed E-state index contributed by atoms with van der Waals surface area (Å²) in [6, 6.07) is 22.8. The summed E-state index contributed by atoms with van der Waals surface area (Å²) in [4.78, 5) is 3.21. The van der Waals surface area contributed by atoms with Gasteiger partial charge in [0.15, 0.2) is 0 Å². The lowest BCUT2D eigenvalue weighted by Crippen LogP contribution is -3.27. The van der Waals surface area contributed by atoms with E-state index < -0.39 is 0 Å². The lowest BCUT2D eigenvalue weighted by atomic mass is 10.1. The largest absolute Gasteiger partial charge is 0.341 e. The highest BCUT2D eigenvalue weighted by atomic mass is 19.1. The van der Waals surface area contributed by atoms with E-state index in [4.69, 9.17) is 0 Å². The average molecular weight is 404 g/mol. The van der Waals surface area contributed by atoms with E-state index in [-0.39, 0.29) is 5.82 Å². The van der Waals surface area contributed by atoms with Crippen molar-refractivity contribution < 1.29 is 14.2 Å². The number of hydrogen-bond acceptors (Lipinski definition) is 0. The fourth-order valence-corrected chi connectivity index (χ4v) is 5.09. The summed E-state index contributed by atoms with van der Waals surface area (Å²) >= 11 is 0. The number of para-hydroxylation sites is 1. The minimum absolute atomic E-state index is 0.129. The molecule has 0 radical (unpaired) electrons. The van der Waals surface area contributed by atoms with Crippen LogP contribution in [0.3, 0.4) is 0 Å². The molecule has 4 aromatic rings. The van der Waals surface area contributed by atoms with Gasteiger partial charge in [-0.3, -0.25) is 0 Å². The van der Waals surface area contributed by atoms with Crippen LogP contribution in [-0.2, 0) is 19.6 Å². The molecule has 0 bridgehead atoms. The molecule has 1 aliphatic heterocycles. The molecule has 0 amide bonds. The maximum Gasteiger partial charge on any atom is 0.127 e. The third-order valence-corrected chi connectivity index (χ3v) is 6.61. The Morgan fingerprint density at radius 1 is 0.733 bits per heavy atom. The molecule has 1 fully saturated rings. The number of halogens is 1. The predicted molar refractivity (Wildman–Crippen MR) is 120 cm³/mol. The second-order valence-electron chi connectivity index (χ2n) is 8.60. The topological polar surface area (TPSA) is 13.8 Å². The van der Waals surface area contributed by atoms with Gasteiger partial charge in [0.2, 0.25) is 0 Å². The minimum Gasteiger partial charge on any atom is -0.341 e. The van der Waals surface area contributed by atoms with E-state index in [2.05, 4.69) is 54.0 Å². The molecule has 3 nitrogen and oxygen atoms in total. The Labute approximate surface area is 177 Å². The second-order valence-corrected chi connectivity index (χ2v) is 8.60. The standard InChI is InChI=1S/C26H28FN3/c1-2-30-25-9-4-3-8-23(25)24-17-21(10-11-26(24)30)19-29-14-12-28(13-15-29)18-20-6-5-7-22(27)16-20/h3-11,16-17H,2,12-15,18-19H2,1H3/p+2. The maximum atomic E-state index is 13.4. The van der Waals surface area contributed by atoms with Gasteiger partial charge in [0, 0.05) is 39.5 Å². The quantitative estimate of drug-likeness (QED) is 0.509. The van der Waals surface area contributed by atoms with Crippen molar-refractivity contribution in [3.05, 3.63) is 83.7 Å². The molecule has 3 aromatic carbocycles. The molecule has 1 aliphatic rings. The van der Waals surface area contributed by atoms with E-state index >= 15 is 0 Å². The predicted octanol–water partition coefficient (Wildman–Crippen LogP) is 2.44. The molecule has 154 valence electrons. The zero-order valence-electron chi connectivity index (χ0n) is 17.6. The van der Waals surface area contributed by atoms with Crippen molar-refractivity contribution in [1.29, 1.82) is 0 Å². The Morgan fingerprint density at radius 3 is 2.10 bits per heavy atom. The smallest absolute Gasteiger partial charge is 0.127 e. The van der Waals surface area contributed by atoms with Crippen molar-refractivity contribution in [3.8, 4) is 0 Å². The number of fused-ring (bicyclic) bond motifs is 3. The molecule has 1 aromatic heterocycles. The normalized spacial score (nSPS) is 19.5. The molecule has 0 aliphatic carbocycles. The van der Waals surface area contributed by atoms with Crippen LogP contribution in [0.5, 0.6) is 0 Å². The van der Waals surface area contributed by atoms with Gasteiger partial charge >= 0.3 is 0 Å². The van der Waals surface area contributed by atoms with Gasteiger partial charge < -0.3 is 14.4 Å². The van der Waals surface area contributed by atoms with Crippen molar-refractivity contribution in [1.82, 2.24) is 4.57 Å². The summed E-state index contributed by atoms with van der Waals surface area (Å²) in [5.41, 5.74) is 5.19. The van der Waals surface area contributed by atoms with Gasteiger partial charge in [0.1, 0.15) is 45.1 Å². The number of aromatic nitrogens is 1. The average Bonchev–Trinajstić information content (AvgIpc) is 3.08. The Kier molecular flexibility index (Phi) is 5.28. The van der Waals surface area contributed by atoms with Gasteiger partial charge in [0.25, 0.3) is 0 Å². The van der Waals surface area contributed by atoms with Gasteiger partial charge in [0.05, 0.1) is 0 Å². The third kappa shape index (κ3) is 3.73. The van der Waals surface area contributed by atoms with Gasteiger partial charge in [-0.2, -0.15) is 0 Å². The SMILES string of the molecule is CCn1c2ccccc2c2cc(C[NH+]3CC[NH+](Cc4cccc(F)c4)CC3)ccc21. The van der Waals surface area contributed by atoms with E-state index in [1.807, 2.05) is 12.1 Å². The van der Waals surface area contributed by atoms with Crippen molar-refractivity contribution >= 4 is 21.8 Å². The van der Waals surface area contributed by atoms with Crippen molar-refractivity contribution in [2.24, 2.45) is 0 Å². The Hall–Kier alpha value is -2.69. The lowest BCUT2D eigenvalue weighted by molar-refractivity contribution is -1.02. The Balaban J connectivity index is 1.28. The van der Waals surface area contributed by atoms with Crippen molar-refractivity contribution in [2.75, 3.05) is 26.2 Å². The fourth-order valence-electron chi connectivity index (χ4n) is 5.09. The van der Waals surface area contributed by atoms with Crippen LogP contribution in [0.15, 0.2) is 66.7 Å². The summed E-state index contributed by atoms with van der Waals surface area (Å²) in [6.07, 6.45) is 0. The number of aryl methyl sites for hydroxylation is 1. The maximum absolute atomic E-state index is 13.4. The number of piperazine rings is 1. The molecule has 1 saturated heterocycles. The first-order valence-corrected chi connectivity index (χ1v) is 11.1. The van der Waals surface area contributed by atoms with E-state index in [0.717, 1.165) is 38.3 Å². The number of nitrogens with zero attached hydrogens (tertiary/aromatic N) is 1.